The average Bonchev–Trinajstić information content (AvgIpc) is 2.47. The number of ether oxygens (including phenoxy) is 2. The Bertz CT molecular complexity index is 435. The number of nitrogens with zero attached hydrogens (tertiary/aromatic N) is 1. The van der Waals surface area contributed by atoms with Crippen LogP contribution in [0.1, 0.15) is 38.7 Å². The van der Waals surface area contributed by atoms with Gasteiger partial charge in [0.25, 0.3) is 0 Å². The summed E-state index contributed by atoms with van der Waals surface area (Å²) in [5, 5.41) is 0. The van der Waals surface area contributed by atoms with Crippen LogP contribution in [0.3, 0.4) is 0 Å². The van der Waals surface area contributed by atoms with E-state index in [2.05, 4.69) is 44.0 Å². The summed E-state index contributed by atoms with van der Waals surface area (Å²) in [5.74, 6) is 0.902. The predicted octanol–water partition coefficient (Wildman–Crippen LogP) is 3.43. The van der Waals surface area contributed by atoms with Crippen LogP contribution < -0.4 is 4.74 Å². The van der Waals surface area contributed by atoms with Crippen molar-refractivity contribution < 1.29 is 9.47 Å². The van der Waals surface area contributed by atoms with Gasteiger partial charge in [-0.05, 0) is 37.6 Å². The Morgan fingerprint density at radius 2 is 2.20 bits per heavy atom. The molecule has 1 fully saturated rings. The molecule has 0 saturated carbocycles. The molecule has 3 nitrogen and oxygen atoms in total. The zero-order valence-electron chi connectivity index (χ0n) is 13.2. The summed E-state index contributed by atoms with van der Waals surface area (Å²) in [5.41, 5.74) is 1.02. The lowest BCUT2D eigenvalue weighted by atomic mass is 9.88. The molecule has 0 spiro atoms. The molecule has 1 aliphatic heterocycles. The van der Waals surface area contributed by atoms with Gasteiger partial charge in [0.15, 0.2) is 0 Å². The molecule has 0 aliphatic carbocycles. The van der Waals surface area contributed by atoms with E-state index in [0.717, 1.165) is 38.1 Å². The summed E-state index contributed by atoms with van der Waals surface area (Å²) >= 11 is 0. The van der Waals surface area contributed by atoms with Gasteiger partial charge in [0.05, 0.1) is 13.2 Å². The fraction of sp³-hybridized carbons (Fsp3) is 0.647. The zero-order chi connectivity index (χ0) is 14.6. The van der Waals surface area contributed by atoms with Gasteiger partial charge < -0.3 is 14.4 Å². The molecule has 0 bridgehead atoms. The molecular formula is C17H27NO2. The fourth-order valence-electron chi connectivity index (χ4n) is 3.18. The Morgan fingerprint density at radius 1 is 1.40 bits per heavy atom. The second-order valence-corrected chi connectivity index (χ2v) is 5.81. The normalized spacial score (nSPS) is 27.5. The SMILES string of the molecule is CCCC1CN(C)CC(CC)(c2cccc(OC)c2)O1. The average molecular weight is 277 g/mol. The first-order valence-electron chi connectivity index (χ1n) is 7.64. The lowest BCUT2D eigenvalue weighted by Gasteiger charge is -2.45. The summed E-state index contributed by atoms with van der Waals surface area (Å²) < 4.78 is 11.9. The molecule has 0 amide bonds. The van der Waals surface area contributed by atoms with Crippen molar-refractivity contribution >= 4 is 0 Å². The Labute approximate surface area is 122 Å². The molecule has 2 unspecified atom stereocenters. The molecule has 1 aromatic rings. The van der Waals surface area contributed by atoms with Gasteiger partial charge in [-0.25, -0.2) is 0 Å². The van der Waals surface area contributed by atoms with Crippen LogP contribution in [0.25, 0.3) is 0 Å². The lowest BCUT2D eigenvalue weighted by Crippen LogP contribution is -2.52. The van der Waals surface area contributed by atoms with Gasteiger partial charge in [0.1, 0.15) is 11.4 Å². The molecule has 1 heterocycles. The van der Waals surface area contributed by atoms with E-state index in [-0.39, 0.29) is 5.60 Å². The van der Waals surface area contributed by atoms with Crippen molar-refractivity contribution in [2.24, 2.45) is 0 Å². The molecule has 0 aromatic heterocycles. The smallest absolute Gasteiger partial charge is 0.119 e. The monoisotopic (exact) mass is 277 g/mol. The Balaban J connectivity index is 2.30. The number of morpholine rings is 1. The van der Waals surface area contributed by atoms with Gasteiger partial charge in [0, 0.05) is 13.1 Å². The maximum absolute atomic E-state index is 6.52. The summed E-state index contributed by atoms with van der Waals surface area (Å²) in [4.78, 5) is 2.40. The molecule has 1 saturated heterocycles. The third-order valence-electron chi connectivity index (χ3n) is 4.21. The molecule has 112 valence electrons. The quantitative estimate of drug-likeness (QED) is 0.823. The topological polar surface area (TPSA) is 21.7 Å². The Morgan fingerprint density at radius 3 is 2.85 bits per heavy atom. The predicted molar refractivity (Wildman–Crippen MR) is 82.2 cm³/mol. The van der Waals surface area contributed by atoms with Crippen molar-refractivity contribution in [1.29, 1.82) is 0 Å². The van der Waals surface area contributed by atoms with E-state index in [9.17, 15) is 0 Å². The van der Waals surface area contributed by atoms with Crippen molar-refractivity contribution in [3.05, 3.63) is 29.8 Å². The first kappa shape index (κ1) is 15.3. The maximum atomic E-state index is 6.52. The Kier molecular flexibility index (Phi) is 5.06. The number of rotatable bonds is 5. The highest BCUT2D eigenvalue weighted by molar-refractivity contribution is 5.33. The highest BCUT2D eigenvalue weighted by Gasteiger charge is 2.39. The second-order valence-electron chi connectivity index (χ2n) is 5.81. The highest BCUT2D eigenvalue weighted by Crippen LogP contribution is 2.37. The molecule has 1 aliphatic rings. The van der Waals surface area contributed by atoms with Crippen LogP contribution in [0, 0.1) is 0 Å². The number of hydrogen-bond donors (Lipinski definition) is 0. The maximum Gasteiger partial charge on any atom is 0.119 e. The minimum absolute atomic E-state index is 0.207. The zero-order valence-corrected chi connectivity index (χ0v) is 13.2. The highest BCUT2D eigenvalue weighted by atomic mass is 16.5. The van der Waals surface area contributed by atoms with E-state index in [1.165, 1.54) is 5.56 Å². The molecule has 0 N–H and O–H groups in total. The van der Waals surface area contributed by atoms with Crippen LogP contribution in [-0.2, 0) is 10.3 Å². The van der Waals surface area contributed by atoms with Crippen LogP contribution in [0.5, 0.6) is 5.75 Å². The van der Waals surface area contributed by atoms with Crippen molar-refractivity contribution in [3.63, 3.8) is 0 Å². The van der Waals surface area contributed by atoms with E-state index < -0.39 is 0 Å². The van der Waals surface area contributed by atoms with Crippen molar-refractivity contribution in [3.8, 4) is 5.75 Å². The number of benzene rings is 1. The van der Waals surface area contributed by atoms with Crippen LogP contribution in [0.15, 0.2) is 24.3 Å². The molecule has 2 rings (SSSR count). The second kappa shape index (κ2) is 6.59. The van der Waals surface area contributed by atoms with Gasteiger partial charge in [-0.3, -0.25) is 0 Å². The third-order valence-corrected chi connectivity index (χ3v) is 4.21. The summed E-state index contributed by atoms with van der Waals surface area (Å²) in [7, 11) is 3.90. The number of likely N-dealkylation sites (N-methyl/N-ethyl adjacent to an activating group) is 1. The Hall–Kier alpha value is -1.06. The van der Waals surface area contributed by atoms with E-state index in [4.69, 9.17) is 9.47 Å². The van der Waals surface area contributed by atoms with E-state index in [1.54, 1.807) is 7.11 Å². The van der Waals surface area contributed by atoms with Crippen molar-refractivity contribution in [1.82, 2.24) is 4.90 Å². The molecular weight excluding hydrogens is 250 g/mol. The van der Waals surface area contributed by atoms with Gasteiger partial charge in [-0.2, -0.15) is 0 Å². The first-order chi connectivity index (χ1) is 9.63. The van der Waals surface area contributed by atoms with Crippen LogP contribution >= 0.6 is 0 Å². The van der Waals surface area contributed by atoms with Crippen molar-refractivity contribution in [2.45, 2.75) is 44.8 Å². The lowest BCUT2D eigenvalue weighted by molar-refractivity contribution is -0.160. The number of methoxy groups -OCH3 is 1. The summed E-state index contributed by atoms with van der Waals surface area (Å²) in [6, 6.07) is 8.32. The standard InChI is InChI=1S/C17H27NO2/c1-5-8-16-12-18(3)13-17(6-2,20-16)14-9-7-10-15(11-14)19-4/h7,9-11,16H,5-6,8,12-13H2,1-4H3. The van der Waals surface area contributed by atoms with Crippen LogP contribution in [0.4, 0.5) is 0 Å². The van der Waals surface area contributed by atoms with Gasteiger partial charge in [-0.15, -0.1) is 0 Å². The van der Waals surface area contributed by atoms with E-state index in [1.807, 2.05) is 6.07 Å². The largest absolute Gasteiger partial charge is 0.497 e. The molecule has 0 radical (unpaired) electrons. The molecule has 20 heavy (non-hydrogen) atoms. The summed E-state index contributed by atoms with van der Waals surface area (Å²) in [6.45, 7) is 6.40. The van der Waals surface area contributed by atoms with Crippen LogP contribution in [0.2, 0.25) is 0 Å². The van der Waals surface area contributed by atoms with E-state index >= 15 is 0 Å². The van der Waals surface area contributed by atoms with Crippen LogP contribution in [-0.4, -0.2) is 38.3 Å². The van der Waals surface area contributed by atoms with Crippen molar-refractivity contribution in [2.75, 3.05) is 27.2 Å². The third kappa shape index (κ3) is 3.15. The van der Waals surface area contributed by atoms with Gasteiger partial charge >= 0.3 is 0 Å². The molecule has 1 aromatic carbocycles. The molecule has 3 heteroatoms. The summed E-state index contributed by atoms with van der Waals surface area (Å²) in [6.07, 6.45) is 3.59. The fourth-order valence-corrected chi connectivity index (χ4v) is 3.18. The minimum atomic E-state index is -0.207. The van der Waals surface area contributed by atoms with Gasteiger partial charge in [0.2, 0.25) is 0 Å². The van der Waals surface area contributed by atoms with E-state index in [0.29, 0.717) is 6.10 Å². The molecule has 2 atom stereocenters. The van der Waals surface area contributed by atoms with Gasteiger partial charge in [-0.1, -0.05) is 32.4 Å². The minimum Gasteiger partial charge on any atom is -0.497 e. The first-order valence-corrected chi connectivity index (χ1v) is 7.64. The number of hydrogen-bond acceptors (Lipinski definition) is 3.